The highest BCUT2D eigenvalue weighted by Crippen LogP contribution is 2.15. The minimum absolute atomic E-state index is 0.0000491. The topological polar surface area (TPSA) is 80.6 Å². The molecule has 88 valence electrons. The molecule has 2 rings (SSSR count). The van der Waals surface area contributed by atoms with Crippen LogP contribution in [0.5, 0.6) is 0 Å². The molecule has 0 saturated carbocycles. The van der Waals surface area contributed by atoms with E-state index in [0.717, 1.165) is 17.1 Å². The van der Waals surface area contributed by atoms with Gasteiger partial charge in [-0.3, -0.25) is 5.41 Å². The van der Waals surface area contributed by atoms with Crippen molar-refractivity contribution in [3.8, 4) is 5.82 Å². The Hall–Kier alpha value is -2.17. The number of nitrogens with one attached hydrogen (secondary N) is 1. The number of aromatic nitrogens is 3. The van der Waals surface area contributed by atoms with E-state index in [4.69, 9.17) is 11.1 Å². The van der Waals surface area contributed by atoms with E-state index in [1.165, 1.54) is 0 Å². The van der Waals surface area contributed by atoms with Gasteiger partial charge in [-0.1, -0.05) is 0 Å². The third-order valence-electron chi connectivity index (χ3n) is 2.51. The smallest absolute Gasteiger partial charge is 0.164 e. The molecule has 0 aliphatic rings. The Kier molecular flexibility index (Phi) is 2.67. The van der Waals surface area contributed by atoms with Crippen LogP contribution in [0.25, 0.3) is 5.82 Å². The maximum absolute atomic E-state index is 7.57. The van der Waals surface area contributed by atoms with Gasteiger partial charge in [-0.25, -0.2) is 9.67 Å². The van der Waals surface area contributed by atoms with Gasteiger partial charge in [0, 0.05) is 11.4 Å². The van der Waals surface area contributed by atoms with Gasteiger partial charge in [0.25, 0.3) is 0 Å². The summed E-state index contributed by atoms with van der Waals surface area (Å²) in [6, 6.07) is 5.61. The van der Waals surface area contributed by atoms with Crippen LogP contribution in [0.3, 0.4) is 0 Å². The molecule has 17 heavy (non-hydrogen) atoms. The molecule has 0 atom stereocenters. The number of amidine groups is 1. The van der Waals surface area contributed by atoms with E-state index in [1.54, 1.807) is 10.7 Å². The van der Waals surface area contributed by atoms with Gasteiger partial charge in [0.2, 0.25) is 0 Å². The van der Waals surface area contributed by atoms with Gasteiger partial charge in [-0.2, -0.15) is 5.10 Å². The number of nitrogen functional groups attached to an aromatic ring is 1. The Morgan fingerprint density at radius 3 is 2.47 bits per heavy atom. The summed E-state index contributed by atoms with van der Waals surface area (Å²) in [6.45, 7) is 5.78. The van der Waals surface area contributed by atoms with Crippen molar-refractivity contribution >= 4 is 5.84 Å². The van der Waals surface area contributed by atoms with Gasteiger partial charge < -0.3 is 5.73 Å². The molecule has 0 aliphatic heterocycles. The average molecular weight is 229 g/mol. The van der Waals surface area contributed by atoms with Gasteiger partial charge in [-0.15, -0.1) is 0 Å². The molecule has 5 heteroatoms. The Morgan fingerprint density at radius 1 is 1.24 bits per heavy atom. The number of hydrogen-bond acceptors (Lipinski definition) is 3. The van der Waals surface area contributed by atoms with Crippen LogP contribution in [0.15, 0.2) is 18.2 Å². The van der Waals surface area contributed by atoms with Gasteiger partial charge >= 0.3 is 0 Å². The molecule has 2 aromatic heterocycles. The second-order valence-corrected chi connectivity index (χ2v) is 4.08. The lowest BCUT2D eigenvalue weighted by Gasteiger charge is -2.09. The summed E-state index contributed by atoms with van der Waals surface area (Å²) >= 11 is 0. The zero-order chi connectivity index (χ0) is 12.6. The first-order chi connectivity index (χ1) is 7.99. The third kappa shape index (κ3) is 2.04. The molecule has 0 saturated heterocycles. The summed E-state index contributed by atoms with van der Waals surface area (Å²) in [7, 11) is 0. The molecule has 5 nitrogen and oxygen atoms in total. The Bertz CT molecular complexity index is 583. The van der Waals surface area contributed by atoms with E-state index < -0.39 is 0 Å². The molecule has 0 fully saturated rings. The molecule has 2 heterocycles. The number of rotatable bonds is 2. The number of aryl methyl sites for hydroxylation is 3. The van der Waals surface area contributed by atoms with Crippen molar-refractivity contribution in [2.75, 3.05) is 0 Å². The lowest BCUT2D eigenvalue weighted by atomic mass is 10.2. The third-order valence-corrected chi connectivity index (χ3v) is 2.51. The molecule has 0 aliphatic carbocycles. The fraction of sp³-hybridized carbons (Fsp3) is 0.250. The highest BCUT2D eigenvalue weighted by Gasteiger charge is 2.12. The predicted molar refractivity (Wildman–Crippen MR) is 66.6 cm³/mol. The molecule has 0 bridgehead atoms. The molecule has 0 spiro atoms. The Labute approximate surface area is 99.8 Å². The van der Waals surface area contributed by atoms with Crippen molar-refractivity contribution in [1.82, 2.24) is 14.8 Å². The standard InChI is InChI=1S/C12H15N5/c1-7-4-5-10(11(13)14)12(15-7)17-9(3)6-8(2)16-17/h4-6H,1-3H3,(H3,13,14). The summed E-state index contributed by atoms with van der Waals surface area (Å²) in [5.74, 6) is 0.614. The van der Waals surface area contributed by atoms with E-state index in [9.17, 15) is 0 Å². The van der Waals surface area contributed by atoms with Crippen molar-refractivity contribution in [3.05, 3.63) is 40.8 Å². The summed E-state index contributed by atoms with van der Waals surface area (Å²) < 4.78 is 1.72. The first-order valence-electron chi connectivity index (χ1n) is 5.34. The average Bonchev–Trinajstić information content (AvgIpc) is 2.57. The largest absolute Gasteiger partial charge is 0.384 e. The second kappa shape index (κ2) is 4.01. The quantitative estimate of drug-likeness (QED) is 0.604. The molecule has 2 aromatic rings. The fourth-order valence-electron chi connectivity index (χ4n) is 1.76. The number of hydrogen-bond donors (Lipinski definition) is 2. The summed E-state index contributed by atoms with van der Waals surface area (Å²) in [5.41, 5.74) is 8.92. The highest BCUT2D eigenvalue weighted by atomic mass is 15.3. The molecular formula is C12H15N5. The minimum atomic E-state index is 0.0000491. The van der Waals surface area contributed by atoms with Crippen LogP contribution in [-0.4, -0.2) is 20.6 Å². The predicted octanol–water partition coefficient (Wildman–Crippen LogP) is 1.48. The van der Waals surface area contributed by atoms with Crippen LogP contribution in [0.2, 0.25) is 0 Å². The summed E-state index contributed by atoms with van der Waals surface area (Å²) in [6.07, 6.45) is 0. The van der Waals surface area contributed by atoms with Crippen LogP contribution < -0.4 is 5.73 Å². The van der Waals surface area contributed by atoms with Gasteiger partial charge in [0.05, 0.1) is 11.3 Å². The minimum Gasteiger partial charge on any atom is -0.384 e. The van der Waals surface area contributed by atoms with Crippen LogP contribution in [0, 0.1) is 26.2 Å². The van der Waals surface area contributed by atoms with Crippen LogP contribution >= 0.6 is 0 Å². The maximum atomic E-state index is 7.57. The maximum Gasteiger partial charge on any atom is 0.164 e. The molecular weight excluding hydrogens is 214 g/mol. The van der Waals surface area contributed by atoms with Crippen molar-refractivity contribution < 1.29 is 0 Å². The number of pyridine rings is 1. The summed E-state index contributed by atoms with van der Waals surface area (Å²) in [5, 5.41) is 11.9. The zero-order valence-corrected chi connectivity index (χ0v) is 10.2. The zero-order valence-electron chi connectivity index (χ0n) is 10.2. The molecule has 0 amide bonds. The van der Waals surface area contributed by atoms with E-state index in [1.807, 2.05) is 32.9 Å². The summed E-state index contributed by atoms with van der Waals surface area (Å²) in [4.78, 5) is 4.42. The van der Waals surface area contributed by atoms with Gasteiger partial charge in [0.15, 0.2) is 5.82 Å². The SMILES string of the molecule is Cc1ccc(C(=N)N)c(-n2nc(C)cc2C)n1. The Balaban J connectivity index is 2.69. The van der Waals surface area contributed by atoms with Crippen LogP contribution in [0.1, 0.15) is 22.6 Å². The monoisotopic (exact) mass is 229 g/mol. The molecule has 0 radical (unpaired) electrons. The van der Waals surface area contributed by atoms with Crippen molar-refractivity contribution in [1.29, 1.82) is 5.41 Å². The lowest BCUT2D eigenvalue weighted by molar-refractivity contribution is 0.799. The first-order valence-corrected chi connectivity index (χ1v) is 5.34. The first kappa shape index (κ1) is 11.3. The van der Waals surface area contributed by atoms with Crippen molar-refractivity contribution in [2.24, 2.45) is 5.73 Å². The number of nitrogens with two attached hydrogens (primary N) is 1. The second-order valence-electron chi connectivity index (χ2n) is 4.08. The fourth-order valence-corrected chi connectivity index (χ4v) is 1.76. The van der Waals surface area contributed by atoms with E-state index >= 15 is 0 Å². The normalized spacial score (nSPS) is 10.5. The van der Waals surface area contributed by atoms with Crippen LogP contribution in [-0.2, 0) is 0 Å². The molecule has 0 aromatic carbocycles. The molecule has 3 N–H and O–H groups in total. The lowest BCUT2D eigenvalue weighted by Crippen LogP contribution is -2.17. The Morgan fingerprint density at radius 2 is 1.94 bits per heavy atom. The van der Waals surface area contributed by atoms with E-state index in [-0.39, 0.29) is 5.84 Å². The van der Waals surface area contributed by atoms with Crippen molar-refractivity contribution in [2.45, 2.75) is 20.8 Å². The van der Waals surface area contributed by atoms with Gasteiger partial charge in [-0.05, 0) is 39.0 Å². The highest BCUT2D eigenvalue weighted by molar-refractivity contribution is 5.97. The van der Waals surface area contributed by atoms with E-state index in [0.29, 0.717) is 11.4 Å². The van der Waals surface area contributed by atoms with Crippen molar-refractivity contribution in [3.63, 3.8) is 0 Å². The van der Waals surface area contributed by atoms with Crippen LogP contribution in [0.4, 0.5) is 0 Å². The molecule has 0 unspecified atom stereocenters. The van der Waals surface area contributed by atoms with Gasteiger partial charge in [0.1, 0.15) is 5.84 Å². The number of nitrogens with zero attached hydrogens (tertiary/aromatic N) is 3. The van der Waals surface area contributed by atoms with E-state index in [2.05, 4.69) is 10.1 Å².